The van der Waals surface area contributed by atoms with Crippen molar-refractivity contribution in [1.29, 1.82) is 0 Å². The van der Waals surface area contributed by atoms with Gasteiger partial charge in [0, 0.05) is 25.2 Å². The van der Waals surface area contributed by atoms with Crippen LogP contribution in [0, 0.1) is 11.6 Å². The first-order valence-electron chi connectivity index (χ1n) is 13.4. The van der Waals surface area contributed by atoms with E-state index in [4.69, 9.17) is 10.5 Å². The normalized spacial score (nSPS) is 14.2. The van der Waals surface area contributed by atoms with Crippen molar-refractivity contribution in [3.8, 4) is 0 Å². The number of alkyl halides is 3. The molecule has 234 valence electrons. The van der Waals surface area contributed by atoms with Gasteiger partial charge in [-0.3, -0.25) is 4.79 Å². The summed E-state index contributed by atoms with van der Waals surface area (Å²) in [6, 6.07) is 6.97. The molecule has 0 aliphatic carbocycles. The topological polar surface area (TPSA) is 128 Å². The molecule has 2 aromatic rings. The molecule has 1 amide bonds. The molecule has 0 fully saturated rings. The fourth-order valence-electron chi connectivity index (χ4n) is 4.07. The van der Waals surface area contributed by atoms with E-state index in [0.717, 1.165) is 29.7 Å². The van der Waals surface area contributed by atoms with Crippen LogP contribution in [0.3, 0.4) is 0 Å². The Labute approximate surface area is 242 Å². The molecule has 0 radical (unpaired) electrons. The van der Waals surface area contributed by atoms with E-state index >= 15 is 0 Å². The third kappa shape index (κ3) is 12.0. The Bertz CT molecular complexity index is 1290. The number of ether oxygens (including phenoxy) is 1. The SMILES string of the molecule is CCCCS(=O)(=O)C[C@@H](NC(=O)C(F)(F)F)C(=O)O[C@H](CNCc1cccc(CC)c1)[C@@H](N)Cc1cc(F)cc(F)c1. The minimum Gasteiger partial charge on any atom is -0.458 e. The summed E-state index contributed by atoms with van der Waals surface area (Å²) >= 11 is 0. The Balaban J connectivity index is 2.29. The fourth-order valence-corrected chi connectivity index (χ4v) is 5.70. The number of hydrogen-bond acceptors (Lipinski definition) is 7. The van der Waals surface area contributed by atoms with Crippen LogP contribution < -0.4 is 16.4 Å². The second-order valence-corrected chi connectivity index (χ2v) is 12.1. The molecular weight excluding hydrogens is 585 g/mol. The average molecular weight is 622 g/mol. The number of halogens is 5. The van der Waals surface area contributed by atoms with Crippen LogP contribution in [-0.2, 0) is 43.5 Å². The van der Waals surface area contributed by atoms with Gasteiger partial charge >= 0.3 is 18.1 Å². The molecule has 0 aliphatic heterocycles. The van der Waals surface area contributed by atoms with Gasteiger partial charge in [0.2, 0.25) is 0 Å². The Hall–Kier alpha value is -3.10. The lowest BCUT2D eigenvalue weighted by Gasteiger charge is -2.27. The zero-order valence-electron chi connectivity index (χ0n) is 23.3. The zero-order valence-corrected chi connectivity index (χ0v) is 24.2. The van der Waals surface area contributed by atoms with Crippen LogP contribution in [-0.4, -0.2) is 62.7 Å². The largest absolute Gasteiger partial charge is 0.471 e. The molecule has 0 bridgehead atoms. The number of benzene rings is 2. The molecule has 0 aromatic heterocycles. The lowest BCUT2D eigenvalue weighted by atomic mass is 10.0. The smallest absolute Gasteiger partial charge is 0.458 e. The van der Waals surface area contributed by atoms with Gasteiger partial charge in [0.05, 0.1) is 11.5 Å². The quantitative estimate of drug-likeness (QED) is 0.194. The predicted octanol–water partition coefficient (Wildman–Crippen LogP) is 3.36. The van der Waals surface area contributed by atoms with Gasteiger partial charge in [-0.25, -0.2) is 22.0 Å². The molecule has 0 unspecified atom stereocenters. The Morgan fingerprint density at radius 3 is 2.24 bits per heavy atom. The minimum absolute atomic E-state index is 0.126. The van der Waals surface area contributed by atoms with Crippen LogP contribution >= 0.6 is 0 Å². The van der Waals surface area contributed by atoms with Crippen LogP contribution in [0.25, 0.3) is 0 Å². The van der Waals surface area contributed by atoms with Crippen molar-refractivity contribution in [3.63, 3.8) is 0 Å². The van der Waals surface area contributed by atoms with Gasteiger partial charge in [0.15, 0.2) is 9.84 Å². The summed E-state index contributed by atoms with van der Waals surface area (Å²) in [4.78, 5) is 24.7. The van der Waals surface area contributed by atoms with Crippen LogP contribution in [0.2, 0.25) is 0 Å². The standard InChI is InChI=1S/C28H36F5N3O5S/c1-3-5-9-42(39,40)17-24(36-27(38)28(31,32)33)26(37)41-25(16-35-15-19-8-6-7-18(4-2)10-19)23(34)13-20-11-21(29)14-22(30)12-20/h6-8,10-12,14,23-25,35H,3-5,9,13,15-17,34H2,1-2H3,(H,36,38)/t23-,24+,25+/m0/s1. The highest BCUT2D eigenvalue weighted by Crippen LogP contribution is 2.17. The summed E-state index contributed by atoms with van der Waals surface area (Å²) in [6.07, 6.45) is -5.44. The number of nitrogens with one attached hydrogen (secondary N) is 2. The Kier molecular flexibility index (Phi) is 13.3. The molecule has 0 heterocycles. The number of amides is 1. The van der Waals surface area contributed by atoms with Crippen LogP contribution in [0.4, 0.5) is 22.0 Å². The maximum atomic E-state index is 13.7. The van der Waals surface area contributed by atoms with E-state index in [1.807, 2.05) is 31.2 Å². The number of rotatable bonds is 16. The van der Waals surface area contributed by atoms with Crippen molar-refractivity contribution < 1.29 is 44.7 Å². The highest BCUT2D eigenvalue weighted by atomic mass is 32.2. The number of esters is 1. The monoisotopic (exact) mass is 621 g/mol. The van der Waals surface area contributed by atoms with Crippen molar-refractivity contribution in [2.75, 3.05) is 18.1 Å². The molecule has 8 nitrogen and oxygen atoms in total. The van der Waals surface area contributed by atoms with E-state index < -0.39 is 69.2 Å². The summed E-state index contributed by atoms with van der Waals surface area (Å²) in [6.45, 7) is 3.81. The molecule has 0 saturated carbocycles. The first-order valence-corrected chi connectivity index (χ1v) is 15.2. The number of aryl methyl sites for hydroxylation is 1. The average Bonchev–Trinajstić information content (AvgIpc) is 2.89. The van der Waals surface area contributed by atoms with Gasteiger partial charge in [-0.05, 0) is 48.1 Å². The Morgan fingerprint density at radius 2 is 1.64 bits per heavy atom. The van der Waals surface area contributed by atoms with E-state index in [0.29, 0.717) is 12.5 Å². The molecule has 2 aromatic carbocycles. The fraction of sp³-hybridized carbons (Fsp3) is 0.500. The molecule has 0 saturated heterocycles. The number of unbranched alkanes of at least 4 members (excludes halogenated alkanes) is 1. The van der Waals surface area contributed by atoms with Gasteiger partial charge in [0.1, 0.15) is 23.8 Å². The third-order valence-electron chi connectivity index (χ3n) is 6.29. The number of carbonyl (C=O) groups is 2. The van der Waals surface area contributed by atoms with E-state index in [1.54, 1.807) is 6.92 Å². The molecule has 2 rings (SSSR count). The molecule has 14 heteroatoms. The molecule has 42 heavy (non-hydrogen) atoms. The van der Waals surface area contributed by atoms with E-state index in [1.165, 1.54) is 5.32 Å². The van der Waals surface area contributed by atoms with Crippen LogP contribution in [0.15, 0.2) is 42.5 Å². The van der Waals surface area contributed by atoms with Crippen molar-refractivity contribution >= 4 is 21.7 Å². The zero-order chi connectivity index (χ0) is 31.5. The second-order valence-electron chi connectivity index (χ2n) is 9.92. The first kappa shape index (κ1) is 35.1. The lowest BCUT2D eigenvalue weighted by molar-refractivity contribution is -0.176. The predicted molar refractivity (Wildman–Crippen MR) is 147 cm³/mol. The first-order chi connectivity index (χ1) is 19.6. The van der Waals surface area contributed by atoms with Gasteiger partial charge < -0.3 is 21.1 Å². The van der Waals surface area contributed by atoms with Crippen molar-refractivity contribution in [3.05, 3.63) is 70.8 Å². The van der Waals surface area contributed by atoms with Gasteiger partial charge in [-0.15, -0.1) is 0 Å². The summed E-state index contributed by atoms with van der Waals surface area (Å²) in [5.41, 5.74) is 8.30. The number of nitrogens with two attached hydrogens (primary N) is 1. The van der Waals surface area contributed by atoms with Crippen LogP contribution in [0.1, 0.15) is 43.4 Å². The summed E-state index contributed by atoms with van der Waals surface area (Å²) < 4.78 is 96.8. The van der Waals surface area contributed by atoms with Gasteiger partial charge in [-0.1, -0.05) is 44.5 Å². The molecule has 4 N–H and O–H groups in total. The highest BCUT2D eigenvalue weighted by molar-refractivity contribution is 7.91. The van der Waals surface area contributed by atoms with E-state index in [-0.39, 0.29) is 31.5 Å². The number of carbonyl (C=O) groups excluding carboxylic acids is 2. The molecule has 0 spiro atoms. The van der Waals surface area contributed by atoms with Crippen molar-refractivity contribution in [2.45, 2.75) is 70.4 Å². The van der Waals surface area contributed by atoms with Crippen LogP contribution in [0.5, 0.6) is 0 Å². The van der Waals surface area contributed by atoms with E-state index in [9.17, 15) is 40.0 Å². The summed E-state index contributed by atoms with van der Waals surface area (Å²) in [7, 11) is -4.07. The molecule has 0 aliphatic rings. The number of hydrogen-bond donors (Lipinski definition) is 3. The van der Waals surface area contributed by atoms with Crippen molar-refractivity contribution in [2.24, 2.45) is 5.73 Å². The summed E-state index contributed by atoms with van der Waals surface area (Å²) in [5, 5.41) is 4.45. The lowest BCUT2D eigenvalue weighted by Crippen LogP contribution is -2.53. The maximum Gasteiger partial charge on any atom is 0.471 e. The third-order valence-corrected chi connectivity index (χ3v) is 8.04. The minimum atomic E-state index is -5.39. The Morgan fingerprint density at radius 1 is 1.00 bits per heavy atom. The molecular formula is C28H36F5N3O5S. The van der Waals surface area contributed by atoms with Crippen molar-refractivity contribution in [1.82, 2.24) is 10.6 Å². The highest BCUT2D eigenvalue weighted by Gasteiger charge is 2.42. The second kappa shape index (κ2) is 15.9. The van der Waals surface area contributed by atoms with E-state index in [2.05, 4.69) is 5.32 Å². The van der Waals surface area contributed by atoms with Gasteiger partial charge in [-0.2, -0.15) is 13.2 Å². The van der Waals surface area contributed by atoms with Gasteiger partial charge in [0.25, 0.3) is 0 Å². The number of sulfone groups is 1. The maximum absolute atomic E-state index is 13.7. The summed E-state index contributed by atoms with van der Waals surface area (Å²) in [5.74, 6) is -7.24. The molecule has 3 atom stereocenters.